The normalized spacial score (nSPS) is 11.3. The van der Waals surface area contributed by atoms with Gasteiger partial charge in [0, 0.05) is 11.8 Å². The number of hydrogen-bond donors (Lipinski definition) is 1. The third kappa shape index (κ3) is 3.17. The smallest absolute Gasteiger partial charge is 0.272 e. The van der Waals surface area contributed by atoms with Gasteiger partial charge in [-0.1, -0.05) is 11.6 Å². The summed E-state index contributed by atoms with van der Waals surface area (Å²) in [7, 11) is -3.71. The van der Waals surface area contributed by atoms with Gasteiger partial charge in [0.2, 0.25) is 0 Å². The predicted octanol–water partition coefficient (Wildman–Crippen LogP) is 3.11. The number of carbonyl (C=O) groups excluding carboxylic acids is 1. The average Bonchev–Trinajstić information content (AvgIpc) is 2.71. The van der Waals surface area contributed by atoms with Gasteiger partial charge in [0.25, 0.3) is 10.0 Å². The molecule has 0 fully saturated rings. The summed E-state index contributed by atoms with van der Waals surface area (Å²) >= 11 is 6.85. The molecule has 0 spiro atoms. The standard InChI is InChI=1S/C12H11ClN2O3S2/c1-7-5-11(19-12(7)13)20(17,18)15-10-4-3-9(6-14-10)8(2)16/h3-6H,1-2H3,(H,14,15). The Morgan fingerprint density at radius 3 is 2.55 bits per heavy atom. The molecular formula is C12H11ClN2O3S2. The number of carbonyl (C=O) groups is 1. The van der Waals surface area contributed by atoms with E-state index in [4.69, 9.17) is 11.6 Å². The molecule has 2 rings (SSSR count). The van der Waals surface area contributed by atoms with Gasteiger partial charge in [-0.05, 0) is 37.6 Å². The number of nitrogens with one attached hydrogen (secondary N) is 1. The minimum absolute atomic E-state index is 0.123. The molecular weight excluding hydrogens is 320 g/mol. The number of Topliss-reactive ketones (excluding diaryl/α,β-unsaturated/α-hetero) is 1. The number of ketones is 1. The monoisotopic (exact) mass is 330 g/mol. The van der Waals surface area contributed by atoms with Gasteiger partial charge < -0.3 is 0 Å². The highest BCUT2D eigenvalue weighted by molar-refractivity contribution is 7.94. The Labute approximate surface area is 125 Å². The maximum atomic E-state index is 12.1. The first-order valence-corrected chi connectivity index (χ1v) is 8.23. The van der Waals surface area contributed by atoms with Gasteiger partial charge >= 0.3 is 0 Å². The first-order valence-electron chi connectivity index (χ1n) is 5.55. The predicted molar refractivity (Wildman–Crippen MR) is 79.1 cm³/mol. The number of nitrogens with zero attached hydrogens (tertiary/aromatic N) is 1. The van der Waals surface area contributed by atoms with E-state index >= 15 is 0 Å². The van der Waals surface area contributed by atoms with Crippen LogP contribution >= 0.6 is 22.9 Å². The number of hydrogen-bond acceptors (Lipinski definition) is 5. The van der Waals surface area contributed by atoms with Crippen molar-refractivity contribution in [2.75, 3.05) is 4.72 Å². The van der Waals surface area contributed by atoms with E-state index in [1.54, 1.807) is 6.92 Å². The molecule has 2 aromatic rings. The molecule has 2 aromatic heterocycles. The fourth-order valence-corrected chi connectivity index (χ4v) is 4.13. The van der Waals surface area contributed by atoms with Gasteiger partial charge in [0.1, 0.15) is 10.0 Å². The van der Waals surface area contributed by atoms with E-state index in [9.17, 15) is 13.2 Å². The largest absolute Gasteiger partial charge is 0.294 e. The molecule has 106 valence electrons. The highest BCUT2D eigenvalue weighted by atomic mass is 35.5. The van der Waals surface area contributed by atoms with Gasteiger partial charge in [-0.3, -0.25) is 9.52 Å². The van der Waals surface area contributed by atoms with E-state index in [2.05, 4.69) is 9.71 Å². The molecule has 0 aromatic carbocycles. The van der Waals surface area contributed by atoms with Crippen LogP contribution in [0, 0.1) is 6.92 Å². The maximum Gasteiger partial charge on any atom is 0.272 e. The minimum Gasteiger partial charge on any atom is -0.294 e. The van der Waals surface area contributed by atoms with Crippen molar-refractivity contribution in [1.29, 1.82) is 0 Å². The second-order valence-corrected chi connectivity index (χ2v) is 7.68. The van der Waals surface area contributed by atoms with Crippen LogP contribution in [0.4, 0.5) is 5.82 Å². The van der Waals surface area contributed by atoms with Crippen molar-refractivity contribution < 1.29 is 13.2 Å². The van der Waals surface area contributed by atoms with E-state index < -0.39 is 10.0 Å². The summed E-state index contributed by atoms with van der Waals surface area (Å²) in [5, 5.41) is 0. The van der Waals surface area contributed by atoms with Gasteiger partial charge in [0.05, 0.1) is 4.34 Å². The van der Waals surface area contributed by atoms with Crippen LogP contribution in [0.25, 0.3) is 0 Å². The van der Waals surface area contributed by atoms with Crippen LogP contribution in [-0.4, -0.2) is 19.2 Å². The van der Waals surface area contributed by atoms with Crippen LogP contribution in [0.2, 0.25) is 4.34 Å². The zero-order chi connectivity index (χ0) is 14.9. The van der Waals surface area contributed by atoms with Crippen molar-refractivity contribution in [1.82, 2.24) is 4.98 Å². The average molecular weight is 331 g/mol. The number of rotatable bonds is 4. The van der Waals surface area contributed by atoms with Crippen molar-refractivity contribution in [3.05, 3.63) is 39.9 Å². The fraction of sp³-hybridized carbons (Fsp3) is 0.167. The van der Waals surface area contributed by atoms with Gasteiger partial charge in [-0.25, -0.2) is 13.4 Å². The lowest BCUT2D eigenvalue weighted by Crippen LogP contribution is -2.12. The quantitative estimate of drug-likeness (QED) is 0.874. The molecule has 0 saturated heterocycles. The molecule has 1 N–H and O–H groups in total. The highest BCUT2D eigenvalue weighted by Gasteiger charge is 2.19. The lowest BCUT2D eigenvalue weighted by Gasteiger charge is -2.05. The molecule has 0 atom stereocenters. The van der Waals surface area contributed by atoms with Crippen LogP contribution < -0.4 is 4.72 Å². The number of sulfonamides is 1. The lowest BCUT2D eigenvalue weighted by molar-refractivity contribution is 0.101. The summed E-state index contributed by atoms with van der Waals surface area (Å²) in [4.78, 5) is 15.0. The van der Waals surface area contributed by atoms with Crippen LogP contribution in [0.3, 0.4) is 0 Å². The van der Waals surface area contributed by atoms with E-state index in [1.807, 2.05) is 0 Å². The molecule has 0 bridgehead atoms. The molecule has 0 radical (unpaired) electrons. The Morgan fingerprint density at radius 1 is 1.40 bits per heavy atom. The third-order valence-electron chi connectivity index (χ3n) is 2.51. The van der Waals surface area contributed by atoms with E-state index in [1.165, 1.54) is 31.3 Å². The number of halogens is 1. The van der Waals surface area contributed by atoms with Crippen molar-refractivity contribution in [2.24, 2.45) is 0 Å². The van der Waals surface area contributed by atoms with E-state index in [0.717, 1.165) is 11.3 Å². The minimum atomic E-state index is -3.71. The zero-order valence-corrected chi connectivity index (χ0v) is 13.1. The molecule has 0 aliphatic heterocycles. The maximum absolute atomic E-state index is 12.1. The molecule has 0 saturated carbocycles. The SMILES string of the molecule is CC(=O)c1ccc(NS(=O)(=O)c2cc(C)c(Cl)s2)nc1. The van der Waals surface area contributed by atoms with E-state index in [-0.39, 0.29) is 15.8 Å². The molecule has 20 heavy (non-hydrogen) atoms. The number of anilines is 1. The molecule has 0 aliphatic rings. The van der Waals surface area contributed by atoms with E-state index in [0.29, 0.717) is 15.5 Å². The van der Waals surface area contributed by atoms with Crippen LogP contribution in [-0.2, 0) is 10.0 Å². The third-order valence-corrected chi connectivity index (χ3v) is 5.89. The fourth-order valence-electron chi connectivity index (χ4n) is 1.41. The van der Waals surface area contributed by atoms with Crippen LogP contribution in [0.15, 0.2) is 28.6 Å². The summed E-state index contributed by atoms with van der Waals surface area (Å²) in [6.45, 7) is 3.15. The second kappa shape index (κ2) is 5.51. The van der Waals surface area contributed by atoms with Gasteiger partial charge in [0.15, 0.2) is 5.78 Å². The molecule has 0 aliphatic carbocycles. The number of thiophene rings is 1. The Balaban J connectivity index is 2.26. The van der Waals surface area contributed by atoms with Crippen molar-refractivity contribution in [3.8, 4) is 0 Å². The van der Waals surface area contributed by atoms with Gasteiger partial charge in [-0.2, -0.15) is 0 Å². The summed E-state index contributed by atoms with van der Waals surface area (Å²) in [6, 6.07) is 4.45. The Kier molecular flexibility index (Phi) is 4.12. The highest BCUT2D eigenvalue weighted by Crippen LogP contribution is 2.30. The topological polar surface area (TPSA) is 76.1 Å². The Hall–Kier alpha value is -1.44. The molecule has 2 heterocycles. The Bertz CT molecular complexity index is 732. The van der Waals surface area contributed by atoms with Gasteiger partial charge in [-0.15, -0.1) is 11.3 Å². The van der Waals surface area contributed by atoms with Crippen molar-refractivity contribution in [2.45, 2.75) is 18.1 Å². The summed E-state index contributed by atoms with van der Waals surface area (Å²) in [6.07, 6.45) is 1.33. The number of aromatic nitrogens is 1. The lowest BCUT2D eigenvalue weighted by atomic mass is 10.2. The molecule has 8 heteroatoms. The van der Waals surface area contributed by atoms with Crippen molar-refractivity contribution in [3.63, 3.8) is 0 Å². The second-order valence-electron chi connectivity index (χ2n) is 4.12. The van der Waals surface area contributed by atoms with Crippen LogP contribution in [0.1, 0.15) is 22.8 Å². The zero-order valence-electron chi connectivity index (χ0n) is 10.7. The summed E-state index contributed by atoms with van der Waals surface area (Å²) in [5.41, 5.74) is 1.12. The molecule has 0 amide bonds. The molecule has 5 nitrogen and oxygen atoms in total. The van der Waals surface area contributed by atoms with Crippen molar-refractivity contribution >= 4 is 44.6 Å². The Morgan fingerprint density at radius 2 is 2.10 bits per heavy atom. The summed E-state index contributed by atoms with van der Waals surface area (Å²) < 4.78 is 27.1. The number of pyridine rings is 1. The molecule has 0 unspecified atom stereocenters. The summed E-state index contributed by atoms with van der Waals surface area (Å²) in [5.74, 6) is 0.0183. The first-order chi connectivity index (χ1) is 9.29. The first kappa shape index (κ1) is 15.0. The van der Waals surface area contributed by atoms with Crippen LogP contribution in [0.5, 0.6) is 0 Å². The number of aryl methyl sites for hydroxylation is 1.